The number of amides is 5. The average Bonchev–Trinajstić information content (AvgIpc) is 3.03. The molecule has 2 aromatic carbocycles. The Hall–Kier alpha value is -3.35. The van der Waals surface area contributed by atoms with Gasteiger partial charge in [0.25, 0.3) is 5.91 Å². The van der Waals surface area contributed by atoms with Gasteiger partial charge in [0.15, 0.2) is 0 Å². The molecule has 2 aliphatic rings. The summed E-state index contributed by atoms with van der Waals surface area (Å²) in [7, 11) is 0. The normalized spacial score (nSPS) is 20.4. The number of carbonyl (C=O) groups is 3. The Kier molecular flexibility index (Phi) is 6.40. The van der Waals surface area contributed by atoms with Gasteiger partial charge in [0, 0.05) is 18.3 Å². The molecule has 7 nitrogen and oxygen atoms in total. The van der Waals surface area contributed by atoms with Crippen LogP contribution in [-0.4, -0.2) is 41.5 Å². The molecule has 7 heteroatoms. The van der Waals surface area contributed by atoms with Crippen LogP contribution in [0.25, 0.3) is 0 Å². The highest BCUT2D eigenvalue weighted by atomic mass is 16.2. The predicted molar refractivity (Wildman–Crippen MR) is 130 cm³/mol. The van der Waals surface area contributed by atoms with Crippen LogP contribution in [0.5, 0.6) is 0 Å². The van der Waals surface area contributed by atoms with E-state index < -0.39 is 6.04 Å². The van der Waals surface area contributed by atoms with Crippen LogP contribution in [0.15, 0.2) is 48.5 Å². The molecule has 0 bridgehead atoms. The van der Waals surface area contributed by atoms with Gasteiger partial charge in [-0.3, -0.25) is 4.79 Å². The fourth-order valence-corrected chi connectivity index (χ4v) is 4.48. The Balaban J connectivity index is 1.38. The molecule has 0 radical (unpaired) electrons. The van der Waals surface area contributed by atoms with Crippen molar-refractivity contribution in [3.8, 4) is 0 Å². The second-order valence-electron chi connectivity index (χ2n) is 9.51. The highest BCUT2D eigenvalue weighted by Gasteiger charge is 2.48. The smallest absolute Gasteiger partial charge is 0.332 e. The molecule has 2 saturated heterocycles. The number of urea groups is 2. The van der Waals surface area contributed by atoms with Crippen molar-refractivity contribution in [3.63, 3.8) is 0 Å². The van der Waals surface area contributed by atoms with Gasteiger partial charge in [-0.05, 0) is 60.1 Å². The van der Waals surface area contributed by atoms with E-state index in [1.807, 2.05) is 48.5 Å². The van der Waals surface area contributed by atoms with Crippen molar-refractivity contribution in [1.82, 2.24) is 10.2 Å². The fraction of sp³-hybridized carbons (Fsp3) is 0.423. The minimum absolute atomic E-state index is 0.179. The van der Waals surface area contributed by atoms with Gasteiger partial charge >= 0.3 is 12.1 Å². The molecule has 2 aliphatic heterocycles. The van der Waals surface area contributed by atoms with E-state index in [0.717, 1.165) is 11.3 Å². The van der Waals surface area contributed by atoms with Crippen LogP contribution >= 0.6 is 0 Å². The molecule has 0 aromatic heterocycles. The Morgan fingerprint density at radius 2 is 1.48 bits per heavy atom. The maximum Gasteiger partial charge on any atom is 0.332 e. The Labute approximate surface area is 195 Å². The van der Waals surface area contributed by atoms with Gasteiger partial charge < -0.3 is 15.5 Å². The van der Waals surface area contributed by atoms with E-state index in [1.54, 1.807) is 4.90 Å². The number of imide groups is 1. The largest absolute Gasteiger partial charge is 0.335 e. The number of nitrogens with zero attached hydrogens (tertiary/aromatic N) is 2. The second-order valence-corrected chi connectivity index (χ2v) is 9.51. The Morgan fingerprint density at radius 1 is 0.909 bits per heavy atom. The molecular weight excluding hydrogens is 416 g/mol. The summed E-state index contributed by atoms with van der Waals surface area (Å²) in [5.74, 6) is 0.576. The monoisotopic (exact) mass is 448 g/mol. The zero-order chi connectivity index (χ0) is 23.7. The third-order valence-electron chi connectivity index (χ3n) is 6.53. The number of nitrogens with one attached hydrogen (secondary N) is 2. The lowest BCUT2D eigenvalue weighted by Gasteiger charge is -2.32. The van der Waals surface area contributed by atoms with Crippen molar-refractivity contribution in [2.24, 2.45) is 0 Å². The van der Waals surface area contributed by atoms with Crippen LogP contribution in [0, 0.1) is 0 Å². The van der Waals surface area contributed by atoms with Gasteiger partial charge in [0.05, 0.1) is 5.69 Å². The maximum absolute atomic E-state index is 13.1. The van der Waals surface area contributed by atoms with Crippen LogP contribution in [0.1, 0.15) is 63.5 Å². The average molecular weight is 449 g/mol. The van der Waals surface area contributed by atoms with Gasteiger partial charge in [-0.15, -0.1) is 0 Å². The lowest BCUT2D eigenvalue weighted by Crippen LogP contribution is -2.50. The summed E-state index contributed by atoms with van der Waals surface area (Å²) in [5.41, 5.74) is 3.68. The number of benzene rings is 2. The van der Waals surface area contributed by atoms with E-state index in [2.05, 4.69) is 38.3 Å². The van der Waals surface area contributed by atoms with Crippen molar-refractivity contribution >= 4 is 29.3 Å². The first kappa shape index (κ1) is 22.8. The van der Waals surface area contributed by atoms with Crippen molar-refractivity contribution in [3.05, 3.63) is 59.7 Å². The first-order valence-electron chi connectivity index (χ1n) is 11.7. The Morgan fingerprint density at radius 3 is 2.06 bits per heavy atom. The number of rotatable bonds is 5. The molecule has 2 atom stereocenters. The number of hydrogen-bond acceptors (Lipinski definition) is 3. The molecular formula is C26H32N4O3. The number of hydrogen-bond donors (Lipinski definition) is 2. The SMILES string of the molecule is CC(C)c1ccc(NC(=O)NC2CCN3C(=O)N(c4ccc(C(C)C)cc4)C(=O)C3C2)cc1. The topological polar surface area (TPSA) is 81.8 Å². The van der Waals surface area contributed by atoms with E-state index in [4.69, 9.17) is 0 Å². The van der Waals surface area contributed by atoms with Gasteiger partial charge in [0.1, 0.15) is 6.04 Å². The molecule has 5 amide bonds. The van der Waals surface area contributed by atoms with E-state index in [0.29, 0.717) is 36.9 Å². The molecule has 2 unspecified atom stereocenters. The maximum atomic E-state index is 13.1. The third kappa shape index (κ3) is 4.72. The van der Waals surface area contributed by atoms with Crippen LogP contribution < -0.4 is 15.5 Å². The summed E-state index contributed by atoms with van der Waals surface area (Å²) in [5, 5.41) is 5.83. The van der Waals surface area contributed by atoms with Crippen LogP contribution in [0.2, 0.25) is 0 Å². The lowest BCUT2D eigenvalue weighted by molar-refractivity contribution is -0.120. The van der Waals surface area contributed by atoms with Gasteiger partial charge in [0.2, 0.25) is 0 Å². The van der Waals surface area contributed by atoms with Crippen molar-refractivity contribution < 1.29 is 14.4 Å². The molecule has 4 rings (SSSR count). The minimum atomic E-state index is -0.549. The molecule has 0 saturated carbocycles. The number of carbonyl (C=O) groups excluding carboxylic acids is 3. The summed E-state index contributed by atoms with van der Waals surface area (Å²) < 4.78 is 0. The highest BCUT2D eigenvalue weighted by molar-refractivity contribution is 6.21. The summed E-state index contributed by atoms with van der Waals surface area (Å²) in [6, 6.07) is 14.0. The first-order valence-corrected chi connectivity index (χ1v) is 11.7. The minimum Gasteiger partial charge on any atom is -0.335 e. The van der Waals surface area contributed by atoms with Gasteiger partial charge in [-0.1, -0.05) is 52.0 Å². The quantitative estimate of drug-likeness (QED) is 0.628. The van der Waals surface area contributed by atoms with Crippen molar-refractivity contribution in [1.29, 1.82) is 0 Å². The predicted octanol–water partition coefficient (Wildman–Crippen LogP) is 5.05. The summed E-state index contributed by atoms with van der Waals surface area (Å²) >= 11 is 0. The van der Waals surface area contributed by atoms with Gasteiger partial charge in [-0.25, -0.2) is 14.5 Å². The second kappa shape index (κ2) is 9.25. The molecule has 2 heterocycles. The summed E-state index contributed by atoms with van der Waals surface area (Å²) in [6.45, 7) is 8.89. The molecule has 2 N–H and O–H groups in total. The van der Waals surface area contributed by atoms with E-state index in [9.17, 15) is 14.4 Å². The lowest BCUT2D eigenvalue weighted by atomic mass is 9.98. The third-order valence-corrected chi connectivity index (χ3v) is 6.53. The van der Waals surface area contributed by atoms with Crippen molar-refractivity contribution in [2.75, 3.05) is 16.8 Å². The fourth-order valence-electron chi connectivity index (χ4n) is 4.48. The molecule has 174 valence electrons. The van der Waals surface area contributed by atoms with E-state index >= 15 is 0 Å². The Bertz CT molecular complexity index is 1030. The summed E-state index contributed by atoms with van der Waals surface area (Å²) in [4.78, 5) is 41.5. The van der Waals surface area contributed by atoms with Crippen LogP contribution in [-0.2, 0) is 4.79 Å². The number of anilines is 2. The zero-order valence-electron chi connectivity index (χ0n) is 19.7. The highest BCUT2D eigenvalue weighted by Crippen LogP contribution is 2.31. The van der Waals surface area contributed by atoms with Gasteiger partial charge in [-0.2, -0.15) is 0 Å². The molecule has 0 aliphatic carbocycles. The number of fused-ring (bicyclic) bond motifs is 1. The molecule has 2 fully saturated rings. The van der Waals surface area contributed by atoms with Crippen LogP contribution in [0.4, 0.5) is 21.0 Å². The molecule has 2 aromatic rings. The standard InChI is InChI=1S/C26H32N4O3/c1-16(2)18-5-9-20(10-6-18)27-25(32)28-21-13-14-29-23(15-21)24(31)30(26(29)33)22-11-7-19(8-12-22)17(3)4/h5-12,16-17,21,23H,13-15H2,1-4H3,(H2,27,28,32). The first-order chi connectivity index (χ1) is 15.7. The number of piperidine rings is 1. The zero-order valence-corrected chi connectivity index (χ0v) is 19.7. The molecule has 33 heavy (non-hydrogen) atoms. The van der Waals surface area contributed by atoms with Crippen LogP contribution in [0.3, 0.4) is 0 Å². The van der Waals surface area contributed by atoms with E-state index in [1.165, 1.54) is 10.5 Å². The van der Waals surface area contributed by atoms with E-state index in [-0.39, 0.29) is 24.0 Å². The molecule has 0 spiro atoms. The summed E-state index contributed by atoms with van der Waals surface area (Å²) in [6.07, 6.45) is 1.01. The van der Waals surface area contributed by atoms with Crippen molar-refractivity contribution in [2.45, 2.75) is 64.5 Å².